The highest BCUT2D eigenvalue weighted by molar-refractivity contribution is 5.94. The van der Waals surface area contributed by atoms with Crippen LogP contribution in [0.5, 0.6) is 0 Å². The maximum Gasteiger partial charge on any atom is 0.303 e. The second-order valence-corrected chi connectivity index (χ2v) is 6.07. The molecule has 1 aromatic rings. The Bertz CT molecular complexity index is 519. The van der Waals surface area contributed by atoms with Crippen molar-refractivity contribution >= 4 is 11.9 Å². The first kappa shape index (κ1) is 15.5. The van der Waals surface area contributed by atoms with Gasteiger partial charge < -0.3 is 10.0 Å². The number of rotatable bonds is 4. The first-order valence-corrected chi connectivity index (χ1v) is 7.55. The number of benzene rings is 1. The lowest BCUT2D eigenvalue weighted by molar-refractivity contribution is -0.137. The number of aliphatic carboxylic acids is 1. The van der Waals surface area contributed by atoms with Crippen molar-refractivity contribution < 1.29 is 14.7 Å². The molecule has 0 spiro atoms. The molecular weight excluding hydrogens is 266 g/mol. The molecule has 1 aliphatic rings. The highest BCUT2D eigenvalue weighted by atomic mass is 16.4. The quantitative estimate of drug-likeness (QED) is 0.927. The second kappa shape index (κ2) is 6.74. The molecule has 1 atom stereocenters. The van der Waals surface area contributed by atoms with Gasteiger partial charge in [-0.15, -0.1) is 0 Å². The maximum absolute atomic E-state index is 12.6. The van der Waals surface area contributed by atoms with E-state index in [0.29, 0.717) is 18.9 Å². The molecule has 0 bridgehead atoms. The van der Waals surface area contributed by atoms with Gasteiger partial charge in [0.2, 0.25) is 0 Å². The molecule has 0 aromatic heterocycles. The van der Waals surface area contributed by atoms with Gasteiger partial charge in [-0.05, 0) is 51.2 Å². The summed E-state index contributed by atoms with van der Waals surface area (Å²) in [6.45, 7) is 5.44. The van der Waals surface area contributed by atoms with Crippen LogP contribution in [-0.2, 0) is 4.79 Å². The number of hydrogen-bond acceptors (Lipinski definition) is 2. The van der Waals surface area contributed by atoms with Crippen molar-refractivity contribution in [3.8, 4) is 0 Å². The van der Waals surface area contributed by atoms with Crippen molar-refractivity contribution in [2.75, 3.05) is 13.1 Å². The zero-order chi connectivity index (χ0) is 15.4. The van der Waals surface area contributed by atoms with E-state index in [1.165, 1.54) is 0 Å². The molecule has 0 unspecified atom stereocenters. The normalized spacial score (nSPS) is 18.6. The largest absolute Gasteiger partial charge is 0.481 e. The van der Waals surface area contributed by atoms with Gasteiger partial charge in [-0.3, -0.25) is 9.59 Å². The molecule has 0 aliphatic carbocycles. The van der Waals surface area contributed by atoms with Crippen LogP contribution in [0.1, 0.15) is 47.2 Å². The fourth-order valence-electron chi connectivity index (χ4n) is 3.09. The Hall–Kier alpha value is -1.84. The van der Waals surface area contributed by atoms with E-state index in [1.54, 1.807) is 0 Å². The Labute approximate surface area is 125 Å². The van der Waals surface area contributed by atoms with Crippen molar-refractivity contribution in [1.82, 2.24) is 4.90 Å². The van der Waals surface area contributed by atoms with Crippen LogP contribution in [0.4, 0.5) is 0 Å². The van der Waals surface area contributed by atoms with E-state index in [1.807, 2.05) is 30.9 Å². The van der Waals surface area contributed by atoms with Crippen molar-refractivity contribution in [3.05, 3.63) is 34.9 Å². The zero-order valence-corrected chi connectivity index (χ0v) is 12.8. The lowest BCUT2D eigenvalue weighted by Gasteiger charge is -2.32. The van der Waals surface area contributed by atoms with Gasteiger partial charge >= 0.3 is 5.97 Å². The number of carbonyl (C=O) groups is 2. The Balaban J connectivity index is 2.03. The predicted molar refractivity (Wildman–Crippen MR) is 81.4 cm³/mol. The molecule has 0 saturated carbocycles. The monoisotopic (exact) mass is 289 g/mol. The van der Waals surface area contributed by atoms with Gasteiger partial charge in [0.05, 0.1) is 0 Å². The van der Waals surface area contributed by atoms with Crippen LogP contribution in [0.2, 0.25) is 0 Å². The molecule has 1 saturated heterocycles. The number of hydrogen-bond donors (Lipinski definition) is 1. The van der Waals surface area contributed by atoms with E-state index in [0.717, 1.165) is 36.1 Å². The lowest BCUT2D eigenvalue weighted by Crippen LogP contribution is -2.40. The van der Waals surface area contributed by atoms with E-state index in [9.17, 15) is 9.59 Å². The standard InChI is InChI=1S/C17H23NO3/c1-12-8-13(2)10-15(9-12)17(21)18-7-3-4-14(11-18)5-6-16(19)20/h8-10,14H,3-7,11H2,1-2H3,(H,19,20)/t14-/m1/s1. The minimum atomic E-state index is -0.757. The van der Waals surface area contributed by atoms with Gasteiger partial charge in [-0.1, -0.05) is 17.2 Å². The van der Waals surface area contributed by atoms with Gasteiger partial charge in [0.25, 0.3) is 5.91 Å². The summed E-state index contributed by atoms with van der Waals surface area (Å²) in [7, 11) is 0. The average Bonchev–Trinajstić information content (AvgIpc) is 2.43. The topological polar surface area (TPSA) is 57.6 Å². The molecule has 0 radical (unpaired) electrons. The molecule has 1 heterocycles. The number of piperidine rings is 1. The second-order valence-electron chi connectivity index (χ2n) is 6.07. The molecule has 4 heteroatoms. The number of carboxylic acid groups (broad SMARTS) is 1. The summed E-state index contributed by atoms with van der Waals surface area (Å²) in [6, 6.07) is 5.91. The minimum absolute atomic E-state index is 0.0711. The van der Waals surface area contributed by atoms with Crippen LogP contribution in [0.15, 0.2) is 18.2 Å². The molecule has 114 valence electrons. The molecule has 1 amide bonds. The third-order valence-corrected chi connectivity index (χ3v) is 4.04. The lowest BCUT2D eigenvalue weighted by atomic mass is 9.93. The summed E-state index contributed by atoms with van der Waals surface area (Å²) < 4.78 is 0. The average molecular weight is 289 g/mol. The molecule has 1 aliphatic heterocycles. The summed E-state index contributed by atoms with van der Waals surface area (Å²) in [6.07, 6.45) is 2.83. The summed E-state index contributed by atoms with van der Waals surface area (Å²) in [5.41, 5.74) is 2.93. The Morgan fingerprint density at radius 1 is 1.24 bits per heavy atom. The third-order valence-electron chi connectivity index (χ3n) is 4.04. The highest BCUT2D eigenvalue weighted by Gasteiger charge is 2.25. The van der Waals surface area contributed by atoms with E-state index in [-0.39, 0.29) is 12.3 Å². The van der Waals surface area contributed by atoms with Gasteiger partial charge in [0.1, 0.15) is 0 Å². The molecule has 2 rings (SSSR count). The minimum Gasteiger partial charge on any atom is -0.481 e. The zero-order valence-electron chi connectivity index (χ0n) is 12.8. The smallest absolute Gasteiger partial charge is 0.303 e. The number of amides is 1. The van der Waals surface area contributed by atoms with Gasteiger partial charge in [-0.2, -0.15) is 0 Å². The Morgan fingerprint density at radius 3 is 2.52 bits per heavy atom. The molecule has 1 aromatic carbocycles. The predicted octanol–water partition coefficient (Wildman–Crippen LogP) is 3.02. The van der Waals surface area contributed by atoms with E-state index < -0.39 is 5.97 Å². The molecule has 1 N–H and O–H groups in total. The van der Waals surface area contributed by atoms with Crippen molar-refractivity contribution in [2.45, 2.75) is 39.5 Å². The Kier molecular flexibility index (Phi) is 4.99. The third kappa shape index (κ3) is 4.31. The van der Waals surface area contributed by atoms with Crippen molar-refractivity contribution in [3.63, 3.8) is 0 Å². The number of carboxylic acids is 1. The number of carbonyl (C=O) groups excluding carboxylic acids is 1. The molecule has 21 heavy (non-hydrogen) atoms. The number of aryl methyl sites for hydroxylation is 2. The van der Waals surface area contributed by atoms with E-state index >= 15 is 0 Å². The number of nitrogens with zero attached hydrogens (tertiary/aromatic N) is 1. The van der Waals surface area contributed by atoms with Crippen LogP contribution in [0, 0.1) is 19.8 Å². The van der Waals surface area contributed by atoms with Crippen molar-refractivity contribution in [1.29, 1.82) is 0 Å². The van der Waals surface area contributed by atoms with Crippen LogP contribution >= 0.6 is 0 Å². The summed E-state index contributed by atoms with van der Waals surface area (Å²) in [4.78, 5) is 25.1. The number of likely N-dealkylation sites (tertiary alicyclic amines) is 1. The fraction of sp³-hybridized carbons (Fsp3) is 0.529. The van der Waals surface area contributed by atoms with Crippen LogP contribution < -0.4 is 0 Å². The van der Waals surface area contributed by atoms with Crippen LogP contribution in [-0.4, -0.2) is 35.0 Å². The first-order valence-electron chi connectivity index (χ1n) is 7.55. The highest BCUT2D eigenvalue weighted by Crippen LogP contribution is 2.23. The van der Waals surface area contributed by atoms with Gasteiger partial charge in [0, 0.05) is 25.1 Å². The molecule has 4 nitrogen and oxygen atoms in total. The van der Waals surface area contributed by atoms with Crippen LogP contribution in [0.3, 0.4) is 0 Å². The van der Waals surface area contributed by atoms with E-state index in [2.05, 4.69) is 6.07 Å². The van der Waals surface area contributed by atoms with E-state index in [4.69, 9.17) is 5.11 Å². The first-order chi connectivity index (χ1) is 9.95. The van der Waals surface area contributed by atoms with Gasteiger partial charge in [-0.25, -0.2) is 0 Å². The fourth-order valence-corrected chi connectivity index (χ4v) is 3.09. The molecular formula is C17H23NO3. The molecule has 1 fully saturated rings. The van der Waals surface area contributed by atoms with Crippen LogP contribution in [0.25, 0.3) is 0 Å². The Morgan fingerprint density at radius 2 is 1.90 bits per heavy atom. The SMILES string of the molecule is Cc1cc(C)cc(C(=O)N2CCC[C@H](CCC(=O)O)C2)c1. The summed E-state index contributed by atoms with van der Waals surface area (Å²) in [5.74, 6) is -0.376. The summed E-state index contributed by atoms with van der Waals surface area (Å²) >= 11 is 0. The van der Waals surface area contributed by atoms with Crippen molar-refractivity contribution in [2.24, 2.45) is 5.92 Å². The van der Waals surface area contributed by atoms with Gasteiger partial charge in [0.15, 0.2) is 0 Å². The summed E-state index contributed by atoms with van der Waals surface area (Å²) in [5, 5.41) is 8.78. The maximum atomic E-state index is 12.6.